The zero-order valence-corrected chi connectivity index (χ0v) is 16.8. The second kappa shape index (κ2) is 9.04. The van der Waals surface area contributed by atoms with Gasteiger partial charge in [0, 0.05) is 17.6 Å². The molecule has 1 saturated heterocycles. The molecule has 0 saturated carbocycles. The van der Waals surface area contributed by atoms with Crippen molar-refractivity contribution in [3.63, 3.8) is 0 Å². The molecule has 1 aliphatic heterocycles. The van der Waals surface area contributed by atoms with Crippen LogP contribution in [-0.4, -0.2) is 32.6 Å². The molecule has 1 fully saturated rings. The summed E-state index contributed by atoms with van der Waals surface area (Å²) in [7, 11) is -2.83. The summed E-state index contributed by atoms with van der Waals surface area (Å²) >= 11 is 0. The van der Waals surface area contributed by atoms with Crippen LogP contribution in [0.1, 0.15) is 58.6 Å². The molecule has 1 atom stereocenters. The van der Waals surface area contributed by atoms with Crippen LogP contribution in [0.15, 0.2) is 24.3 Å². The van der Waals surface area contributed by atoms with Crippen molar-refractivity contribution < 1.29 is 13.2 Å². The normalized spacial score (nSPS) is 19.3. The molecule has 1 heterocycles. The number of hydrogen-bond acceptors (Lipinski definition) is 4. The highest BCUT2D eigenvalue weighted by Gasteiger charge is 2.27. The first kappa shape index (κ1) is 20.2. The third kappa shape index (κ3) is 6.63. The average molecular weight is 368 g/mol. The quantitative estimate of drug-likeness (QED) is 0.755. The van der Waals surface area contributed by atoms with Crippen LogP contribution in [0, 0.1) is 11.8 Å². The van der Waals surface area contributed by atoms with E-state index in [9.17, 15) is 8.42 Å². The molecule has 0 radical (unpaired) electrons. The molecule has 0 spiro atoms. The van der Waals surface area contributed by atoms with Gasteiger partial charge in [-0.1, -0.05) is 45.9 Å². The van der Waals surface area contributed by atoms with Gasteiger partial charge in [0.05, 0.1) is 18.1 Å². The smallest absolute Gasteiger partial charge is 0.150 e. The van der Waals surface area contributed by atoms with Crippen molar-refractivity contribution in [3.05, 3.63) is 29.8 Å². The SMILES string of the molecule is CC(C)COc1ccccc1C(CC(C)C)NC1CCS(=O)(=O)CC1. The molecule has 0 aliphatic carbocycles. The Bertz CT molecular complexity index is 626. The number of rotatable bonds is 8. The zero-order chi connectivity index (χ0) is 18.4. The van der Waals surface area contributed by atoms with E-state index in [1.807, 2.05) is 12.1 Å². The Hall–Kier alpha value is -1.07. The van der Waals surface area contributed by atoms with Crippen LogP contribution in [0.5, 0.6) is 5.75 Å². The van der Waals surface area contributed by atoms with Crippen LogP contribution in [-0.2, 0) is 9.84 Å². The minimum Gasteiger partial charge on any atom is -0.493 e. The Morgan fingerprint density at radius 1 is 1.08 bits per heavy atom. The van der Waals surface area contributed by atoms with Crippen molar-refractivity contribution in [2.75, 3.05) is 18.1 Å². The first-order valence-electron chi connectivity index (χ1n) is 9.45. The molecule has 0 amide bonds. The van der Waals surface area contributed by atoms with Crippen LogP contribution in [0.2, 0.25) is 0 Å². The molecule has 142 valence electrons. The van der Waals surface area contributed by atoms with Crippen molar-refractivity contribution in [2.24, 2.45) is 11.8 Å². The van der Waals surface area contributed by atoms with Crippen molar-refractivity contribution in [1.82, 2.24) is 5.32 Å². The lowest BCUT2D eigenvalue weighted by Gasteiger charge is -2.30. The van der Waals surface area contributed by atoms with Gasteiger partial charge in [0.2, 0.25) is 0 Å². The van der Waals surface area contributed by atoms with Gasteiger partial charge >= 0.3 is 0 Å². The summed E-state index contributed by atoms with van der Waals surface area (Å²) in [5.41, 5.74) is 1.19. The maximum absolute atomic E-state index is 11.7. The van der Waals surface area contributed by atoms with E-state index in [0.29, 0.717) is 42.8 Å². The maximum Gasteiger partial charge on any atom is 0.150 e. The molecule has 0 aromatic heterocycles. The Kier molecular flexibility index (Phi) is 7.32. The average Bonchev–Trinajstić information content (AvgIpc) is 2.54. The Labute approximate surface area is 153 Å². The van der Waals surface area contributed by atoms with Crippen LogP contribution in [0.25, 0.3) is 0 Å². The molecule has 4 nitrogen and oxygen atoms in total. The van der Waals surface area contributed by atoms with E-state index in [1.54, 1.807) is 0 Å². The van der Waals surface area contributed by atoms with E-state index in [0.717, 1.165) is 12.2 Å². The molecule has 2 rings (SSSR count). The summed E-state index contributed by atoms with van der Waals surface area (Å²) in [5.74, 6) is 2.56. The molecule has 1 N–H and O–H groups in total. The number of ether oxygens (including phenoxy) is 1. The molecule has 1 aromatic rings. The topological polar surface area (TPSA) is 55.4 Å². The van der Waals surface area contributed by atoms with E-state index >= 15 is 0 Å². The van der Waals surface area contributed by atoms with Gasteiger partial charge in [0.15, 0.2) is 0 Å². The van der Waals surface area contributed by atoms with Crippen LogP contribution in [0.4, 0.5) is 0 Å². The van der Waals surface area contributed by atoms with E-state index in [2.05, 4.69) is 45.1 Å². The summed E-state index contributed by atoms with van der Waals surface area (Å²) in [4.78, 5) is 0. The van der Waals surface area contributed by atoms with E-state index < -0.39 is 9.84 Å². The van der Waals surface area contributed by atoms with Gasteiger partial charge in [-0.2, -0.15) is 0 Å². The molecule has 1 unspecified atom stereocenters. The summed E-state index contributed by atoms with van der Waals surface area (Å²) < 4.78 is 29.4. The third-order valence-corrected chi connectivity index (χ3v) is 6.28. The highest BCUT2D eigenvalue weighted by atomic mass is 32.2. The predicted molar refractivity (Wildman–Crippen MR) is 104 cm³/mol. The summed E-state index contributed by atoms with van der Waals surface area (Å²) in [6.45, 7) is 9.44. The molecule has 25 heavy (non-hydrogen) atoms. The van der Waals surface area contributed by atoms with Gasteiger partial charge in [0.1, 0.15) is 15.6 Å². The lowest BCUT2D eigenvalue weighted by molar-refractivity contribution is 0.262. The van der Waals surface area contributed by atoms with Gasteiger partial charge < -0.3 is 10.1 Å². The third-order valence-electron chi connectivity index (χ3n) is 4.57. The second-order valence-corrected chi connectivity index (χ2v) is 10.3. The van der Waals surface area contributed by atoms with Crippen molar-refractivity contribution in [3.8, 4) is 5.75 Å². The summed E-state index contributed by atoms with van der Waals surface area (Å²) in [6, 6.07) is 8.68. The molecular formula is C20H33NO3S. The fourth-order valence-corrected chi connectivity index (χ4v) is 4.75. The van der Waals surface area contributed by atoms with Gasteiger partial charge in [0.25, 0.3) is 0 Å². The van der Waals surface area contributed by atoms with Crippen LogP contribution >= 0.6 is 0 Å². The number of hydrogen-bond donors (Lipinski definition) is 1. The lowest BCUT2D eigenvalue weighted by atomic mass is 9.94. The minimum atomic E-state index is -2.83. The van der Waals surface area contributed by atoms with Crippen molar-refractivity contribution in [1.29, 1.82) is 0 Å². The second-order valence-electron chi connectivity index (χ2n) is 8.02. The summed E-state index contributed by atoms with van der Waals surface area (Å²) in [6.07, 6.45) is 2.41. The first-order chi connectivity index (χ1) is 11.8. The fraction of sp³-hybridized carbons (Fsp3) is 0.700. The lowest BCUT2D eigenvalue weighted by Crippen LogP contribution is -2.40. The zero-order valence-electron chi connectivity index (χ0n) is 16.0. The molecule has 1 aliphatic rings. The largest absolute Gasteiger partial charge is 0.493 e. The van der Waals surface area contributed by atoms with Gasteiger partial charge in [-0.3, -0.25) is 0 Å². The van der Waals surface area contributed by atoms with Gasteiger partial charge in [-0.05, 0) is 37.2 Å². The molecule has 5 heteroatoms. The number of sulfone groups is 1. The Balaban J connectivity index is 2.14. The molecular weight excluding hydrogens is 334 g/mol. The van der Waals surface area contributed by atoms with Crippen molar-refractivity contribution >= 4 is 9.84 Å². The predicted octanol–water partition coefficient (Wildman–Crippen LogP) is 3.98. The number of nitrogens with one attached hydrogen (secondary N) is 1. The van der Waals surface area contributed by atoms with E-state index in [4.69, 9.17) is 4.74 Å². The molecule has 0 bridgehead atoms. The fourth-order valence-electron chi connectivity index (χ4n) is 3.25. The monoisotopic (exact) mass is 367 g/mol. The van der Waals surface area contributed by atoms with Crippen LogP contribution in [0.3, 0.4) is 0 Å². The highest BCUT2D eigenvalue weighted by molar-refractivity contribution is 7.91. The maximum atomic E-state index is 11.7. The minimum absolute atomic E-state index is 0.189. The van der Waals surface area contributed by atoms with Crippen molar-refractivity contribution in [2.45, 2.75) is 59.0 Å². The van der Waals surface area contributed by atoms with Gasteiger partial charge in [-0.25, -0.2) is 8.42 Å². The number of para-hydroxylation sites is 1. The van der Waals surface area contributed by atoms with Crippen LogP contribution < -0.4 is 10.1 Å². The van der Waals surface area contributed by atoms with E-state index in [-0.39, 0.29) is 12.1 Å². The first-order valence-corrected chi connectivity index (χ1v) is 11.3. The van der Waals surface area contributed by atoms with Gasteiger partial charge in [-0.15, -0.1) is 0 Å². The highest BCUT2D eigenvalue weighted by Crippen LogP contribution is 2.31. The molecule has 1 aromatic carbocycles. The number of benzene rings is 1. The Morgan fingerprint density at radius 3 is 2.32 bits per heavy atom. The summed E-state index contributed by atoms with van der Waals surface area (Å²) in [5, 5.41) is 3.72. The van der Waals surface area contributed by atoms with E-state index in [1.165, 1.54) is 5.56 Å². The standard InChI is InChI=1S/C20H33NO3S/c1-15(2)13-19(21-17-9-11-25(22,23)12-10-17)18-7-5-6-8-20(18)24-14-16(3)4/h5-8,15-17,19,21H,9-14H2,1-4H3. The Morgan fingerprint density at radius 2 is 1.72 bits per heavy atom.